The van der Waals surface area contributed by atoms with Crippen molar-refractivity contribution in [3.8, 4) is 0 Å². The first-order valence-electron chi connectivity index (χ1n) is 25.2. The maximum atomic E-state index is 7.54. The normalized spacial score (nSPS) is 24.0. The minimum atomic E-state index is -1.07. The van der Waals surface area contributed by atoms with Gasteiger partial charge in [-0.3, -0.25) is 0 Å². The van der Waals surface area contributed by atoms with Crippen molar-refractivity contribution in [1.29, 1.82) is 0 Å². The number of benzene rings is 7. The molecule has 2 saturated heterocycles. The molecule has 10 nitrogen and oxygen atoms in total. The van der Waals surface area contributed by atoms with Gasteiger partial charge in [0.1, 0.15) is 48.8 Å². The third-order valence-electron chi connectivity index (χ3n) is 13.0. The highest BCUT2D eigenvalue weighted by Gasteiger charge is 2.54. The van der Waals surface area contributed by atoms with Crippen LogP contribution in [-0.4, -0.2) is 80.2 Å². The molecule has 0 bridgehead atoms. The SMILES string of the molecule is SC[C@@H]1OC(COCc2ccccc2)[C@H](O[C@@H]2OC(COCc3ccccc3)[C@H](OCc3ccccc3)[C@H](OCc3ccccc3)C2OCc2ccccc2)[C@H](OCc2ccccc2)C1OCc1ccccc1. The number of thiol groups is 1. The van der Waals surface area contributed by atoms with Crippen molar-refractivity contribution in [2.45, 2.75) is 107 Å². The lowest BCUT2D eigenvalue weighted by Gasteiger charge is -2.50. The molecule has 0 amide bonds. The Labute approximate surface area is 435 Å². The highest BCUT2D eigenvalue weighted by Crippen LogP contribution is 2.37. The van der Waals surface area contributed by atoms with E-state index in [-0.39, 0.29) is 33.0 Å². The van der Waals surface area contributed by atoms with Crippen molar-refractivity contribution < 1.29 is 47.4 Å². The zero-order chi connectivity index (χ0) is 49.7. The Bertz CT molecular complexity index is 2570. The Morgan fingerprint density at radius 3 is 0.904 bits per heavy atom. The topological polar surface area (TPSA) is 92.3 Å². The zero-order valence-corrected chi connectivity index (χ0v) is 42.0. The van der Waals surface area contributed by atoms with Crippen LogP contribution in [0.3, 0.4) is 0 Å². The smallest absolute Gasteiger partial charge is 0.187 e. The van der Waals surface area contributed by atoms with Crippen LogP contribution in [0.1, 0.15) is 38.9 Å². The fraction of sp³-hybridized carbons (Fsp3) is 0.323. The summed E-state index contributed by atoms with van der Waals surface area (Å²) in [5.41, 5.74) is 7.04. The van der Waals surface area contributed by atoms with Crippen LogP contribution in [0.15, 0.2) is 212 Å². The van der Waals surface area contributed by atoms with Crippen LogP contribution in [0.5, 0.6) is 0 Å². The van der Waals surface area contributed by atoms with Gasteiger partial charge in [0.25, 0.3) is 0 Å². The minimum Gasteiger partial charge on any atom is -0.374 e. The van der Waals surface area contributed by atoms with Gasteiger partial charge in [0.2, 0.25) is 0 Å². The predicted octanol–water partition coefficient (Wildman–Crippen LogP) is 11.2. The molecule has 380 valence electrons. The van der Waals surface area contributed by atoms with Crippen LogP contribution in [0.4, 0.5) is 0 Å². The number of hydrogen-bond acceptors (Lipinski definition) is 11. The fourth-order valence-corrected chi connectivity index (χ4v) is 9.53. The van der Waals surface area contributed by atoms with Crippen molar-refractivity contribution >= 4 is 12.6 Å². The Morgan fingerprint density at radius 1 is 0.288 bits per heavy atom. The van der Waals surface area contributed by atoms with Crippen LogP contribution >= 0.6 is 12.6 Å². The van der Waals surface area contributed by atoms with E-state index in [1.807, 2.05) is 200 Å². The first-order chi connectivity index (χ1) is 36.2. The van der Waals surface area contributed by atoms with Gasteiger partial charge in [0.05, 0.1) is 65.6 Å². The molecule has 0 spiro atoms. The van der Waals surface area contributed by atoms with Gasteiger partial charge in [0, 0.05) is 5.75 Å². The summed E-state index contributed by atoms with van der Waals surface area (Å²) in [7, 11) is 0. The standard InChI is InChI=1S/C62H66O10S/c73-45-55-57(66-39-49-28-14-4-15-29-49)59(67-40-50-30-16-5-17-31-50)58(54(70-55)44-64-37-47-24-10-2-11-25-47)72-62-61(69-42-52-34-20-7-21-35-52)60(68-41-51-32-18-6-19-33-51)56(65-38-48-26-12-3-13-27-48)53(71-62)43-63-36-46-22-8-1-9-23-46/h1-35,53-62,73H,36-45H2/t53?,54?,55-,56-,57?,58-,59+,60-,61?,62-/m0/s1. The molecule has 2 aliphatic rings. The van der Waals surface area contributed by atoms with Crippen LogP contribution in [0, 0.1) is 0 Å². The molecule has 0 radical (unpaired) electrons. The second-order valence-electron chi connectivity index (χ2n) is 18.3. The molecular formula is C62H66O10S. The van der Waals surface area contributed by atoms with E-state index in [9.17, 15) is 0 Å². The van der Waals surface area contributed by atoms with E-state index in [2.05, 4.69) is 12.1 Å². The molecule has 0 aliphatic carbocycles. The summed E-state index contributed by atoms with van der Waals surface area (Å²) in [4.78, 5) is 0. The van der Waals surface area contributed by atoms with E-state index in [4.69, 9.17) is 60.0 Å². The predicted molar refractivity (Wildman–Crippen MR) is 283 cm³/mol. The first-order valence-corrected chi connectivity index (χ1v) is 25.9. The molecule has 4 unspecified atom stereocenters. The summed E-state index contributed by atoms with van der Waals surface area (Å²) in [6.45, 7) is 2.45. The first kappa shape index (κ1) is 52.4. The lowest BCUT2D eigenvalue weighted by atomic mass is 9.93. The lowest BCUT2D eigenvalue weighted by molar-refractivity contribution is -0.362. The number of rotatable bonds is 26. The Morgan fingerprint density at radius 2 is 0.562 bits per heavy atom. The van der Waals surface area contributed by atoms with Crippen LogP contribution in [0.2, 0.25) is 0 Å². The molecule has 2 fully saturated rings. The summed E-state index contributed by atoms with van der Waals surface area (Å²) < 4.78 is 70.1. The van der Waals surface area contributed by atoms with Gasteiger partial charge < -0.3 is 47.4 Å². The molecule has 2 aliphatic heterocycles. The van der Waals surface area contributed by atoms with E-state index in [1.54, 1.807) is 0 Å². The second-order valence-corrected chi connectivity index (χ2v) is 18.7. The molecule has 2 heterocycles. The van der Waals surface area contributed by atoms with Gasteiger partial charge in [-0.1, -0.05) is 212 Å². The molecule has 0 N–H and O–H groups in total. The summed E-state index contributed by atoms with van der Waals surface area (Å²) in [5, 5.41) is 0. The number of hydrogen-bond donors (Lipinski definition) is 1. The molecule has 9 rings (SSSR count). The van der Waals surface area contributed by atoms with Crippen molar-refractivity contribution in [1.82, 2.24) is 0 Å². The Kier molecular flexibility index (Phi) is 20.3. The molecule has 7 aromatic carbocycles. The van der Waals surface area contributed by atoms with Gasteiger partial charge in [0.15, 0.2) is 6.29 Å². The van der Waals surface area contributed by atoms with E-state index in [0.717, 1.165) is 38.9 Å². The maximum absolute atomic E-state index is 7.54. The van der Waals surface area contributed by atoms with Crippen LogP contribution < -0.4 is 0 Å². The van der Waals surface area contributed by atoms with Crippen molar-refractivity contribution in [2.75, 3.05) is 19.0 Å². The average molecular weight is 1000 g/mol. The molecule has 0 aromatic heterocycles. The van der Waals surface area contributed by atoms with E-state index < -0.39 is 61.2 Å². The highest BCUT2D eigenvalue weighted by molar-refractivity contribution is 7.80. The second kappa shape index (κ2) is 28.2. The molecule has 7 aromatic rings. The maximum Gasteiger partial charge on any atom is 0.187 e. The monoisotopic (exact) mass is 1000 g/mol. The summed E-state index contributed by atoms with van der Waals surface area (Å²) in [5.74, 6) is 0.353. The van der Waals surface area contributed by atoms with E-state index in [0.29, 0.717) is 32.2 Å². The highest BCUT2D eigenvalue weighted by atomic mass is 32.1. The molecule has 11 heteroatoms. The van der Waals surface area contributed by atoms with Crippen molar-refractivity contribution in [3.63, 3.8) is 0 Å². The van der Waals surface area contributed by atoms with Gasteiger partial charge in [-0.05, 0) is 38.9 Å². The fourth-order valence-electron chi connectivity index (χ4n) is 9.24. The Balaban J connectivity index is 1.11. The molecular weight excluding hydrogens is 937 g/mol. The largest absolute Gasteiger partial charge is 0.374 e. The Hall–Kier alpha value is -5.51. The third kappa shape index (κ3) is 15.5. The summed E-state index contributed by atoms with van der Waals surface area (Å²) in [6.07, 6.45) is -7.32. The lowest BCUT2D eigenvalue weighted by Crippen LogP contribution is -2.66. The van der Waals surface area contributed by atoms with Crippen molar-refractivity contribution in [3.05, 3.63) is 251 Å². The zero-order valence-electron chi connectivity index (χ0n) is 41.1. The number of ether oxygens (including phenoxy) is 10. The average Bonchev–Trinajstić information content (AvgIpc) is 3.45. The molecule has 73 heavy (non-hydrogen) atoms. The van der Waals surface area contributed by atoms with Crippen LogP contribution in [-0.2, 0) is 93.6 Å². The minimum absolute atomic E-state index is 0.161. The van der Waals surface area contributed by atoms with E-state index in [1.165, 1.54) is 0 Å². The van der Waals surface area contributed by atoms with E-state index >= 15 is 0 Å². The van der Waals surface area contributed by atoms with Gasteiger partial charge in [-0.15, -0.1) is 0 Å². The molecule has 0 saturated carbocycles. The summed E-state index contributed by atoms with van der Waals surface area (Å²) in [6, 6.07) is 70.7. The third-order valence-corrected chi connectivity index (χ3v) is 13.4. The van der Waals surface area contributed by atoms with Gasteiger partial charge >= 0.3 is 0 Å². The van der Waals surface area contributed by atoms with Gasteiger partial charge in [-0.2, -0.15) is 12.6 Å². The van der Waals surface area contributed by atoms with Crippen molar-refractivity contribution in [2.24, 2.45) is 0 Å². The molecule has 10 atom stereocenters. The summed E-state index contributed by atoms with van der Waals surface area (Å²) >= 11 is 4.87. The van der Waals surface area contributed by atoms with Crippen LogP contribution in [0.25, 0.3) is 0 Å². The van der Waals surface area contributed by atoms with Gasteiger partial charge in [-0.25, -0.2) is 0 Å². The quantitative estimate of drug-likeness (QED) is 0.0529.